The van der Waals surface area contributed by atoms with E-state index >= 15 is 0 Å². The third kappa shape index (κ3) is 18.2. The van der Waals surface area contributed by atoms with Gasteiger partial charge in [-0.05, 0) is 38.5 Å². The van der Waals surface area contributed by atoms with E-state index in [1.165, 1.54) is 77.0 Å². The summed E-state index contributed by atoms with van der Waals surface area (Å²) in [5, 5.41) is 8.77. The molecule has 0 amide bonds. The molecule has 0 spiro atoms. The van der Waals surface area contributed by atoms with Gasteiger partial charge in [0.1, 0.15) is 5.01 Å². The Labute approximate surface area is 135 Å². The number of rotatable bonds is 15. The maximum absolute atomic E-state index is 9.06. The van der Waals surface area contributed by atoms with Crippen molar-refractivity contribution in [3.05, 3.63) is 12.2 Å². The zero-order valence-corrected chi connectivity index (χ0v) is 15.0. The highest BCUT2D eigenvalue weighted by Crippen LogP contribution is 2.12. The summed E-state index contributed by atoms with van der Waals surface area (Å²) in [6.07, 6.45) is 22.9. The first kappa shape index (κ1) is 20.2. The van der Waals surface area contributed by atoms with Gasteiger partial charge in [0.25, 0.3) is 0 Å². The third-order valence-electron chi connectivity index (χ3n) is 3.70. The fourth-order valence-corrected chi connectivity index (χ4v) is 2.71. The molecule has 0 heterocycles. The standard InChI is InChI=1S/C18H35BrO/c1-2-3-4-5-6-7-8-9-10-11-12-13-14-15-16-17-18(19)20/h9-10,18,20H,2-8,11-17H2,1H3/b10-9-. The quantitative estimate of drug-likeness (QED) is 0.198. The molecule has 0 aliphatic rings. The number of allylic oxidation sites excluding steroid dienone is 2. The van der Waals surface area contributed by atoms with Crippen LogP contribution in [0.15, 0.2) is 12.2 Å². The first-order chi connectivity index (χ1) is 9.77. The highest BCUT2D eigenvalue weighted by molar-refractivity contribution is 9.09. The summed E-state index contributed by atoms with van der Waals surface area (Å²) in [6.45, 7) is 2.27. The highest BCUT2D eigenvalue weighted by Gasteiger charge is 1.96. The Morgan fingerprint density at radius 1 is 0.750 bits per heavy atom. The van der Waals surface area contributed by atoms with E-state index in [1.54, 1.807) is 0 Å². The van der Waals surface area contributed by atoms with E-state index in [9.17, 15) is 0 Å². The summed E-state index contributed by atoms with van der Waals surface area (Å²) in [7, 11) is 0. The number of aliphatic hydroxyl groups excluding tert-OH is 1. The molecule has 0 aliphatic heterocycles. The first-order valence-corrected chi connectivity index (χ1v) is 9.66. The van der Waals surface area contributed by atoms with Crippen molar-refractivity contribution in [1.82, 2.24) is 0 Å². The molecule has 1 unspecified atom stereocenters. The van der Waals surface area contributed by atoms with Crippen molar-refractivity contribution in [3.8, 4) is 0 Å². The van der Waals surface area contributed by atoms with E-state index in [0.717, 1.165) is 12.8 Å². The number of hydrogen-bond donors (Lipinski definition) is 1. The van der Waals surface area contributed by atoms with Gasteiger partial charge in [-0.3, -0.25) is 0 Å². The van der Waals surface area contributed by atoms with Gasteiger partial charge in [-0.25, -0.2) is 0 Å². The molecule has 1 atom stereocenters. The molecule has 0 aliphatic carbocycles. The topological polar surface area (TPSA) is 20.2 Å². The predicted octanol–water partition coefficient (Wildman–Crippen LogP) is 6.74. The minimum absolute atomic E-state index is 0.299. The van der Waals surface area contributed by atoms with Crippen LogP contribution in [0.2, 0.25) is 0 Å². The molecule has 120 valence electrons. The average Bonchev–Trinajstić information content (AvgIpc) is 2.43. The van der Waals surface area contributed by atoms with E-state index in [4.69, 9.17) is 5.11 Å². The smallest absolute Gasteiger partial charge is 0.109 e. The maximum atomic E-state index is 9.06. The molecule has 2 heteroatoms. The molecular weight excluding hydrogens is 312 g/mol. The van der Waals surface area contributed by atoms with Gasteiger partial charge in [0, 0.05) is 0 Å². The SMILES string of the molecule is CCCCCCCC/C=C\CCCCCCCC(O)Br. The van der Waals surface area contributed by atoms with E-state index in [-0.39, 0.29) is 5.01 Å². The van der Waals surface area contributed by atoms with Crippen LogP contribution in [0, 0.1) is 0 Å². The summed E-state index contributed by atoms with van der Waals surface area (Å²) in [6, 6.07) is 0. The van der Waals surface area contributed by atoms with E-state index < -0.39 is 0 Å². The normalized spacial score (nSPS) is 13.2. The zero-order valence-electron chi connectivity index (χ0n) is 13.5. The summed E-state index contributed by atoms with van der Waals surface area (Å²) in [5.74, 6) is 0. The zero-order chi connectivity index (χ0) is 14.9. The Balaban J connectivity index is 3.05. The molecule has 0 aromatic rings. The minimum Gasteiger partial charge on any atom is -0.382 e. The number of aliphatic hydroxyl groups is 1. The molecule has 1 N–H and O–H groups in total. The van der Waals surface area contributed by atoms with E-state index in [1.807, 2.05) is 0 Å². The van der Waals surface area contributed by atoms with Crippen LogP contribution in [0.4, 0.5) is 0 Å². The summed E-state index contributed by atoms with van der Waals surface area (Å²) in [4.78, 5) is 0. The summed E-state index contributed by atoms with van der Waals surface area (Å²) in [5.41, 5.74) is 0. The largest absolute Gasteiger partial charge is 0.382 e. The molecule has 0 radical (unpaired) electrons. The van der Waals surface area contributed by atoms with Crippen molar-refractivity contribution in [2.24, 2.45) is 0 Å². The van der Waals surface area contributed by atoms with Crippen molar-refractivity contribution < 1.29 is 5.11 Å². The molecule has 1 nitrogen and oxygen atoms in total. The van der Waals surface area contributed by atoms with Crippen LogP contribution in [0.5, 0.6) is 0 Å². The fraction of sp³-hybridized carbons (Fsp3) is 0.889. The van der Waals surface area contributed by atoms with Gasteiger partial charge < -0.3 is 5.11 Å². The number of unbranched alkanes of at least 4 members (excludes halogenated alkanes) is 11. The average molecular weight is 347 g/mol. The second-order valence-corrected chi connectivity index (χ2v) is 6.86. The molecule has 0 aromatic carbocycles. The monoisotopic (exact) mass is 346 g/mol. The molecule has 0 bridgehead atoms. The summed E-state index contributed by atoms with van der Waals surface area (Å²) < 4.78 is 0. The van der Waals surface area contributed by atoms with Gasteiger partial charge in [-0.1, -0.05) is 86.4 Å². The lowest BCUT2D eigenvalue weighted by molar-refractivity contribution is 0.254. The van der Waals surface area contributed by atoms with Crippen LogP contribution in [0.25, 0.3) is 0 Å². The Hall–Kier alpha value is 0.180. The Kier molecular flexibility index (Phi) is 17.4. The Bertz CT molecular complexity index is 202. The van der Waals surface area contributed by atoms with E-state index in [2.05, 4.69) is 35.0 Å². The third-order valence-corrected chi connectivity index (χ3v) is 4.16. The lowest BCUT2D eigenvalue weighted by atomic mass is 10.1. The molecule has 0 aromatic heterocycles. The van der Waals surface area contributed by atoms with Gasteiger partial charge in [0.05, 0.1) is 0 Å². The number of halogens is 1. The lowest BCUT2D eigenvalue weighted by Gasteiger charge is -2.02. The van der Waals surface area contributed by atoms with Gasteiger partial charge >= 0.3 is 0 Å². The predicted molar refractivity (Wildman–Crippen MR) is 94.4 cm³/mol. The van der Waals surface area contributed by atoms with Crippen LogP contribution < -0.4 is 0 Å². The molecular formula is C18H35BrO. The first-order valence-electron chi connectivity index (χ1n) is 8.74. The van der Waals surface area contributed by atoms with Gasteiger partial charge in [0.2, 0.25) is 0 Å². The van der Waals surface area contributed by atoms with Crippen LogP contribution in [-0.2, 0) is 0 Å². The maximum Gasteiger partial charge on any atom is 0.109 e. The van der Waals surface area contributed by atoms with Crippen molar-refractivity contribution >= 4 is 15.9 Å². The van der Waals surface area contributed by atoms with Crippen LogP contribution >= 0.6 is 15.9 Å². The van der Waals surface area contributed by atoms with Crippen molar-refractivity contribution in [3.63, 3.8) is 0 Å². The van der Waals surface area contributed by atoms with Crippen molar-refractivity contribution in [2.45, 2.75) is 102 Å². The lowest BCUT2D eigenvalue weighted by Crippen LogP contribution is -1.93. The summed E-state index contributed by atoms with van der Waals surface area (Å²) >= 11 is 3.16. The van der Waals surface area contributed by atoms with Crippen molar-refractivity contribution in [2.75, 3.05) is 0 Å². The Morgan fingerprint density at radius 3 is 1.70 bits per heavy atom. The second kappa shape index (κ2) is 17.2. The van der Waals surface area contributed by atoms with E-state index in [0.29, 0.717) is 0 Å². The van der Waals surface area contributed by atoms with Crippen LogP contribution in [0.3, 0.4) is 0 Å². The molecule has 0 saturated heterocycles. The fourth-order valence-electron chi connectivity index (χ4n) is 2.38. The van der Waals surface area contributed by atoms with Gasteiger partial charge in [-0.15, -0.1) is 0 Å². The van der Waals surface area contributed by atoms with Crippen LogP contribution in [0.1, 0.15) is 96.8 Å². The Morgan fingerprint density at radius 2 is 1.20 bits per heavy atom. The molecule has 0 fully saturated rings. The molecule has 0 rings (SSSR count). The molecule has 0 saturated carbocycles. The van der Waals surface area contributed by atoms with Gasteiger partial charge in [0.15, 0.2) is 0 Å². The number of hydrogen-bond acceptors (Lipinski definition) is 1. The molecule has 20 heavy (non-hydrogen) atoms. The van der Waals surface area contributed by atoms with Crippen LogP contribution in [-0.4, -0.2) is 10.1 Å². The van der Waals surface area contributed by atoms with Gasteiger partial charge in [-0.2, -0.15) is 0 Å². The van der Waals surface area contributed by atoms with Crippen molar-refractivity contribution in [1.29, 1.82) is 0 Å². The highest BCUT2D eigenvalue weighted by atomic mass is 79.9. The number of alkyl halides is 1. The minimum atomic E-state index is -0.299. The second-order valence-electron chi connectivity index (χ2n) is 5.81.